The molecule has 0 fully saturated rings. The smallest absolute Gasteiger partial charge is 0.342 e. The molecule has 2 rings (SSSR count). The minimum Gasteiger partial charge on any atom is -0.477 e. The number of nitrogens with zero attached hydrogens (tertiary/aromatic N) is 2. The van der Waals surface area contributed by atoms with Crippen molar-refractivity contribution in [2.45, 2.75) is 17.0 Å². The molecule has 1 heterocycles. The molecule has 1 N–H and O–H groups in total. The lowest BCUT2D eigenvalue weighted by molar-refractivity contribution is -0.385. The number of hydrogen-bond donors (Lipinski definition) is 1. The number of carboxylic acids is 1. The van der Waals surface area contributed by atoms with Crippen molar-refractivity contribution < 1.29 is 19.2 Å². The summed E-state index contributed by atoms with van der Waals surface area (Å²) in [7, 11) is 0. The molecule has 0 atom stereocenters. The minimum absolute atomic E-state index is 0.342. The van der Waals surface area contributed by atoms with Crippen molar-refractivity contribution in [3.63, 3.8) is 0 Å². The molecule has 98 valence electrons. The summed E-state index contributed by atoms with van der Waals surface area (Å²) in [5.74, 6) is -1.34. The van der Waals surface area contributed by atoms with Crippen LogP contribution in [0, 0.1) is 17.0 Å². The van der Waals surface area contributed by atoms with E-state index in [4.69, 9.17) is 9.52 Å². The second kappa shape index (κ2) is 5.11. The first-order valence-corrected chi connectivity index (χ1v) is 5.90. The van der Waals surface area contributed by atoms with E-state index in [1.807, 2.05) is 0 Å². The molecule has 1 aromatic carbocycles. The van der Waals surface area contributed by atoms with E-state index in [0.717, 1.165) is 11.8 Å². The summed E-state index contributed by atoms with van der Waals surface area (Å²) in [6, 6.07) is 3.85. The number of nitro benzene ring substituents is 1. The molecule has 0 aliphatic heterocycles. The van der Waals surface area contributed by atoms with E-state index in [2.05, 4.69) is 4.98 Å². The standard InChI is InChI=1S/C11H8N2O5S/c1-6-5-18-11(12-6)19-7-2-3-8(10(14)15)9(4-7)13(16)17/h2-5H,1H3,(H,14,15). The van der Waals surface area contributed by atoms with Crippen molar-refractivity contribution in [3.05, 3.63) is 45.8 Å². The summed E-state index contributed by atoms with van der Waals surface area (Å²) in [4.78, 5) is 25.5. The highest BCUT2D eigenvalue weighted by molar-refractivity contribution is 7.99. The van der Waals surface area contributed by atoms with Crippen LogP contribution in [-0.2, 0) is 0 Å². The lowest BCUT2D eigenvalue weighted by Crippen LogP contribution is -2.02. The quantitative estimate of drug-likeness (QED) is 0.677. The van der Waals surface area contributed by atoms with Crippen molar-refractivity contribution in [2.24, 2.45) is 0 Å². The number of nitro groups is 1. The molecular formula is C11H8N2O5S. The molecule has 0 amide bonds. The van der Waals surface area contributed by atoms with Gasteiger partial charge in [-0.05, 0) is 30.8 Å². The van der Waals surface area contributed by atoms with Gasteiger partial charge in [-0.1, -0.05) is 0 Å². The first-order valence-electron chi connectivity index (χ1n) is 5.09. The fraction of sp³-hybridized carbons (Fsp3) is 0.0909. The van der Waals surface area contributed by atoms with Crippen LogP contribution in [0.5, 0.6) is 0 Å². The van der Waals surface area contributed by atoms with Crippen LogP contribution in [0.2, 0.25) is 0 Å². The first kappa shape index (κ1) is 13.1. The minimum atomic E-state index is -1.34. The van der Waals surface area contributed by atoms with E-state index in [1.54, 1.807) is 6.92 Å². The molecule has 7 nitrogen and oxygen atoms in total. The number of hydrogen-bond acceptors (Lipinski definition) is 6. The molecular weight excluding hydrogens is 272 g/mol. The summed E-state index contributed by atoms with van der Waals surface area (Å²) in [5.41, 5.74) is -0.113. The van der Waals surface area contributed by atoms with Gasteiger partial charge in [-0.25, -0.2) is 9.78 Å². The van der Waals surface area contributed by atoms with E-state index < -0.39 is 16.6 Å². The SMILES string of the molecule is Cc1coc(Sc2ccc(C(=O)O)c([N+](=O)[O-])c2)n1. The molecule has 0 bridgehead atoms. The Morgan fingerprint density at radius 1 is 1.53 bits per heavy atom. The van der Waals surface area contributed by atoms with Crippen LogP contribution in [0.4, 0.5) is 5.69 Å². The maximum Gasteiger partial charge on any atom is 0.342 e. The molecule has 0 aliphatic rings. The van der Waals surface area contributed by atoms with Gasteiger partial charge in [-0.3, -0.25) is 10.1 Å². The van der Waals surface area contributed by atoms with Crippen LogP contribution in [-0.4, -0.2) is 21.0 Å². The van der Waals surface area contributed by atoms with Crippen molar-refractivity contribution in [1.82, 2.24) is 4.98 Å². The third-order valence-electron chi connectivity index (χ3n) is 2.20. The predicted molar refractivity (Wildman–Crippen MR) is 65.4 cm³/mol. The zero-order chi connectivity index (χ0) is 14.0. The van der Waals surface area contributed by atoms with E-state index in [0.29, 0.717) is 15.8 Å². The number of benzene rings is 1. The van der Waals surface area contributed by atoms with E-state index >= 15 is 0 Å². The van der Waals surface area contributed by atoms with Crippen molar-refractivity contribution in [3.8, 4) is 0 Å². The highest BCUT2D eigenvalue weighted by Gasteiger charge is 2.20. The van der Waals surface area contributed by atoms with Crippen LogP contribution >= 0.6 is 11.8 Å². The number of aryl methyl sites for hydroxylation is 1. The van der Waals surface area contributed by atoms with E-state index in [1.165, 1.54) is 24.5 Å². The van der Waals surface area contributed by atoms with Crippen LogP contribution in [0.15, 0.2) is 39.0 Å². The second-order valence-corrected chi connectivity index (χ2v) is 4.62. The summed E-state index contributed by atoms with van der Waals surface area (Å²) >= 11 is 1.09. The molecule has 2 aromatic rings. The monoisotopic (exact) mass is 280 g/mol. The maximum absolute atomic E-state index is 10.9. The lowest BCUT2D eigenvalue weighted by atomic mass is 10.2. The first-order chi connectivity index (χ1) is 8.97. The molecule has 0 unspecified atom stereocenters. The van der Waals surface area contributed by atoms with Crippen LogP contribution in [0.3, 0.4) is 0 Å². The summed E-state index contributed by atoms with van der Waals surface area (Å²) in [5, 5.41) is 20.0. The fourth-order valence-corrected chi connectivity index (χ4v) is 2.18. The Balaban J connectivity index is 2.35. The van der Waals surface area contributed by atoms with Gasteiger partial charge < -0.3 is 9.52 Å². The number of rotatable bonds is 4. The molecule has 0 radical (unpaired) electrons. The third kappa shape index (κ3) is 2.91. The Morgan fingerprint density at radius 3 is 2.79 bits per heavy atom. The Morgan fingerprint density at radius 2 is 2.26 bits per heavy atom. The average Bonchev–Trinajstić information content (AvgIpc) is 2.74. The molecule has 19 heavy (non-hydrogen) atoms. The van der Waals surface area contributed by atoms with Gasteiger partial charge in [0.1, 0.15) is 11.8 Å². The number of carbonyl (C=O) groups is 1. The highest BCUT2D eigenvalue weighted by atomic mass is 32.2. The second-order valence-electron chi connectivity index (χ2n) is 3.60. The van der Waals surface area contributed by atoms with Gasteiger partial charge in [0.2, 0.25) is 0 Å². The third-order valence-corrected chi connectivity index (χ3v) is 3.05. The zero-order valence-electron chi connectivity index (χ0n) is 9.69. The van der Waals surface area contributed by atoms with Crippen LogP contribution in [0.1, 0.15) is 16.1 Å². The zero-order valence-corrected chi connectivity index (χ0v) is 10.5. The molecule has 0 saturated heterocycles. The van der Waals surface area contributed by atoms with Crippen LogP contribution in [0.25, 0.3) is 0 Å². The van der Waals surface area contributed by atoms with Gasteiger partial charge in [0.05, 0.1) is 10.6 Å². The molecule has 0 spiro atoms. The fourth-order valence-electron chi connectivity index (χ4n) is 1.39. The summed E-state index contributed by atoms with van der Waals surface area (Å²) in [6.45, 7) is 1.75. The van der Waals surface area contributed by atoms with Gasteiger partial charge in [0.25, 0.3) is 10.9 Å². The number of aromatic nitrogens is 1. The summed E-state index contributed by atoms with van der Waals surface area (Å²) in [6.07, 6.45) is 1.46. The van der Waals surface area contributed by atoms with E-state index in [-0.39, 0.29) is 5.56 Å². The topological polar surface area (TPSA) is 106 Å². The Bertz CT molecular complexity index is 652. The van der Waals surface area contributed by atoms with Gasteiger partial charge >= 0.3 is 5.97 Å². The highest BCUT2D eigenvalue weighted by Crippen LogP contribution is 2.31. The molecule has 0 aliphatic carbocycles. The number of oxazole rings is 1. The molecule has 0 saturated carbocycles. The van der Waals surface area contributed by atoms with Gasteiger partial charge in [0, 0.05) is 11.0 Å². The average molecular weight is 280 g/mol. The van der Waals surface area contributed by atoms with Gasteiger partial charge in [0.15, 0.2) is 0 Å². The largest absolute Gasteiger partial charge is 0.477 e. The molecule has 8 heteroatoms. The Labute approximate surface area is 111 Å². The van der Waals surface area contributed by atoms with Gasteiger partial charge in [-0.15, -0.1) is 0 Å². The van der Waals surface area contributed by atoms with Crippen LogP contribution < -0.4 is 0 Å². The van der Waals surface area contributed by atoms with Crippen molar-refractivity contribution >= 4 is 23.4 Å². The Kier molecular flexibility index (Phi) is 3.52. The number of aromatic carboxylic acids is 1. The normalized spacial score (nSPS) is 10.4. The van der Waals surface area contributed by atoms with E-state index in [9.17, 15) is 14.9 Å². The van der Waals surface area contributed by atoms with Crippen molar-refractivity contribution in [1.29, 1.82) is 0 Å². The molecule has 1 aromatic heterocycles. The number of carboxylic acid groups (broad SMARTS) is 1. The maximum atomic E-state index is 10.9. The lowest BCUT2D eigenvalue weighted by Gasteiger charge is -2.00. The summed E-state index contributed by atoms with van der Waals surface area (Å²) < 4.78 is 5.11. The Hall–Kier alpha value is -2.35. The van der Waals surface area contributed by atoms with Crippen molar-refractivity contribution in [2.75, 3.05) is 0 Å². The van der Waals surface area contributed by atoms with Gasteiger partial charge in [-0.2, -0.15) is 0 Å². The predicted octanol–water partition coefficient (Wildman–Crippen LogP) is 2.74.